The van der Waals surface area contributed by atoms with Crippen LogP contribution in [0.2, 0.25) is 0 Å². The van der Waals surface area contributed by atoms with Crippen molar-refractivity contribution in [3.05, 3.63) is 60.3 Å². The predicted octanol–water partition coefficient (Wildman–Crippen LogP) is 3.32. The molecule has 0 aromatic carbocycles. The van der Waals surface area contributed by atoms with Gasteiger partial charge in [0.1, 0.15) is 0 Å². The highest BCUT2D eigenvalue weighted by atomic mass is 15.3. The first-order valence-corrected chi connectivity index (χ1v) is 7.75. The number of hydrogen-bond acceptors (Lipinski definition) is 4. The summed E-state index contributed by atoms with van der Waals surface area (Å²) in [4.78, 5) is 4.20. The first kappa shape index (κ1) is 14.7. The van der Waals surface area contributed by atoms with Crippen LogP contribution in [0.1, 0.15) is 50.2 Å². The average molecular weight is 295 g/mol. The molecule has 0 spiro atoms. The van der Waals surface area contributed by atoms with Crippen LogP contribution in [0.5, 0.6) is 0 Å². The van der Waals surface area contributed by atoms with E-state index < -0.39 is 0 Å². The molecule has 5 nitrogen and oxygen atoms in total. The molecule has 2 atom stereocenters. The fourth-order valence-electron chi connectivity index (χ4n) is 2.70. The monoisotopic (exact) mass is 295 g/mol. The Morgan fingerprint density at radius 1 is 1.18 bits per heavy atom. The lowest BCUT2D eigenvalue weighted by molar-refractivity contribution is 0.419. The van der Waals surface area contributed by atoms with Crippen LogP contribution in [-0.4, -0.2) is 19.6 Å². The van der Waals surface area contributed by atoms with Gasteiger partial charge in [-0.3, -0.25) is 9.38 Å². The Bertz CT molecular complexity index is 722. The Balaban J connectivity index is 1.86. The average Bonchev–Trinajstić information content (AvgIpc) is 2.99. The smallest absolute Gasteiger partial charge is 0.160 e. The van der Waals surface area contributed by atoms with E-state index in [1.54, 1.807) is 6.20 Å². The van der Waals surface area contributed by atoms with Gasteiger partial charge >= 0.3 is 0 Å². The van der Waals surface area contributed by atoms with E-state index in [9.17, 15) is 0 Å². The molecule has 1 N–H and O–H groups in total. The summed E-state index contributed by atoms with van der Waals surface area (Å²) in [6, 6.07) is 10.4. The first-order valence-electron chi connectivity index (χ1n) is 7.75. The molecule has 0 unspecified atom stereocenters. The van der Waals surface area contributed by atoms with Gasteiger partial charge in [-0.2, -0.15) is 0 Å². The largest absolute Gasteiger partial charge is 0.301 e. The Morgan fingerprint density at radius 2 is 2.09 bits per heavy atom. The lowest BCUT2D eigenvalue weighted by atomic mass is 10.1. The van der Waals surface area contributed by atoms with Crippen molar-refractivity contribution in [1.29, 1.82) is 0 Å². The van der Waals surface area contributed by atoms with E-state index in [2.05, 4.69) is 44.8 Å². The van der Waals surface area contributed by atoms with Gasteiger partial charge in [-0.25, -0.2) is 0 Å². The van der Waals surface area contributed by atoms with Gasteiger partial charge in [-0.05, 0) is 37.1 Å². The van der Waals surface area contributed by atoms with Gasteiger partial charge < -0.3 is 5.32 Å². The van der Waals surface area contributed by atoms with Gasteiger partial charge in [-0.15, -0.1) is 10.2 Å². The minimum absolute atomic E-state index is 0.164. The van der Waals surface area contributed by atoms with E-state index in [-0.39, 0.29) is 12.1 Å². The van der Waals surface area contributed by atoms with Crippen LogP contribution in [0.15, 0.2) is 48.9 Å². The normalized spacial score (nSPS) is 14.1. The van der Waals surface area contributed by atoms with Crippen molar-refractivity contribution in [2.45, 2.75) is 38.8 Å². The van der Waals surface area contributed by atoms with Crippen molar-refractivity contribution in [1.82, 2.24) is 24.9 Å². The molecule has 5 heteroatoms. The number of hydrogen-bond donors (Lipinski definition) is 1. The summed E-state index contributed by atoms with van der Waals surface area (Å²) in [5, 5.41) is 12.3. The van der Waals surface area contributed by atoms with E-state index in [1.807, 2.05) is 36.7 Å². The molecule has 22 heavy (non-hydrogen) atoms. The molecular formula is C17H21N5. The number of nitrogens with one attached hydrogen (secondary N) is 1. The standard InChI is InChI=1S/C17H21N5/c1-3-7-15(19-13(2)14-8-6-10-18-12-14)17-21-20-16-9-4-5-11-22(16)17/h4-6,8-13,15,19H,3,7H2,1-2H3/t13-,15-/m1/s1. The second-order valence-electron chi connectivity index (χ2n) is 5.50. The highest BCUT2D eigenvalue weighted by Crippen LogP contribution is 2.22. The molecule has 0 aliphatic heterocycles. The van der Waals surface area contributed by atoms with E-state index >= 15 is 0 Å². The molecule has 0 radical (unpaired) electrons. The third-order valence-electron chi connectivity index (χ3n) is 3.86. The zero-order chi connectivity index (χ0) is 15.4. The predicted molar refractivity (Wildman–Crippen MR) is 86.4 cm³/mol. The molecule has 3 aromatic rings. The number of pyridine rings is 2. The van der Waals surface area contributed by atoms with Crippen LogP contribution in [0, 0.1) is 0 Å². The lowest BCUT2D eigenvalue weighted by Crippen LogP contribution is -2.26. The second kappa shape index (κ2) is 6.66. The summed E-state index contributed by atoms with van der Waals surface area (Å²) in [6.45, 7) is 4.34. The molecule has 114 valence electrons. The van der Waals surface area contributed by atoms with Crippen LogP contribution >= 0.6 is 0 Å². The Hall–Kier alpha value is -2.27. The molecular weight excluding hydrogens is 274 g/mol. The van der Waals surface area contributed by atoms with E-state index in [0.717, 1.165) is 24.3 Å². The third-order valence-corrected chi connectivity index (χ3v) is 3.86. The Labute approximate surface area is 130 Å². The van der Waals surface area contributed by atoms with Crippen molar-refractivity contribution in [3.63, 3.8) is 0 Å². The zero-order valence-corrected chi connectivity index (χ0v) is 13.0. The van der Waals surface area contributed by atoms with Crippen molar-refractivity contribution >= 4 is 5.65 Å². The van der Waals surface area contributed by atoms with Gasteiger partial charge in [0.05, 0.1) is 6.04 Å². The van der Waals surface area contributed by atoms with Crippen molar-refractivity contribution < 1.29 is 0 Å². The van der Waals surface area contributed by atoms with Crippen LogP contribution in [0.4, 0.5) is 0 Å². The van der Waals surface area contributed by atoms with Crippen molar-refractivity contribution in [2.24, 2.45) is 0 Å². The number of rotatable bonds is 6. The first-order chi connectivity index (χ1) is 10.8. The van der Waals surface area contributed by atoms with Crippen molar-refractivity contribution in [3.8, 4) is 0 Å². The summed E-state index contributed by atoms with van der Waals surface area (Å²) in [5.41, 5.74) is 2.06. The quantitative estimate of drug-likeness (QED) is 0.758. The maximum Gasteiger partial charge on any atom is 0.160 e. The minimum Gasteiger partial charge on any atom is -0.301 e. The molecule has 0 saturated carbocycles. The molecule has 0 aliphatic carbocycles. The van der Waals surface area contributed by atoms with Gasteiger partial charge in [0.15, 0.2) is 11.5 Å². The fourth-order valence-corrected chi connectivity index (χ4v) is 2.70. The van der Waals surface area contributed by atoms with Crippen LogP contribution in [0.25, 0.3) is 5.65 Å². The molecule has 3 heterocycles. The maximum absolute atomic E-state index is 4.40. The molecule has 0 aliphatic rings. The summed E-state index contributed by atoms with van der Waals surface area (Å²) in [5.74, 6) is 0.966. The summed E-state index contributed by atoms with van der Waals surface area (Å²) in [7, 11) is 0. The SMILES string of the molecule is CCC[C@@H](N[C@H](C)c1cccnc1)c1nnc2ccccn12. The van der Waals surface area contributed by atoms with Gasteiger partial charge in [0.2, 0.25) is 0 Å². The van der Waals surface area contributed by atoms with Gasteiger partial charge in [-0.1, -0.05) is 25.5 Å². The summed E-state index contributed by atoms with van der Waals surface area (Å²) >= 11 is 0. The number of fused-ring (bicyclic) bond motifs is 1. The number of aromatic nitrogens is 4. The van der Waals surface area contributed by atoms with Crippen molar-refractivity contribution in [2.75, 3.05) is 0 Å². The van der Waals surface area contributed by atoms with Crippen LogP contribution in [0.3, 0.4) is 0 Å². The van der Waals surface area contributed by atoms with Gasteiger partial charge in [0, 0.05) is 24.6 Å². The molecule has 3 aromatic heterocycles. The minimum atomic E-state index is 0.164. The highest BCUT2D eigenvalue weighted by molar-refractivity contribution is 5.37. The maximum atomic E-state index is 4.40. The summed E-state index contributed by atoms with van der Waals surface area (Å²) < 4.78 is 2.06. The highest BCUT2D eigenvalue weighted by Gasteiger charge is 2.19. The number of nitrogens with zero attached hydrogens (tertiary/aromatic N) is 4. The van der Waals surface area contributed by atoms with E-state index in [4.69, 9.17) is 0 Å². The van der Waals surface area contributed by atoms with E-state index in [0.29, 0.717) is 0 Å². The topological polar surface area (TPSA) is 55.1 Å². The molecule has 0 bridgehead atoms. The second-order valence-corrected chi connectivity index (χ2v) is 5.50. The lowest BCUT2D eigenvalue weighted by Gasteiger charge is -2.22. The van der Waals surface area contributed by atoms with Gasteiger partial charge in [0.25, 0.3) is 0 Å². The molecule has 3 rings (SSSR count). The zero-order valence-electron chi connectivity index (χ0n) is 13.0. The van der Waals surface area contributed by atoms with Crippen LogP contribution < -0.4 is 5.32 Å². The third kappa shape index (κ3) is 2.99. The summed E-state index contributed by atoms with van der Waals surface area (Å²) in [6.07, 6.45) is 7.82. The Morgan fingerprint density at radius 3 is 2.86 bits per heavy atom. The molecule has 0 saturated heterocycles. The Kier molecular flexibility index (Phi) is 4.44. The fraction of sp³-hybridized carbons (Fsp3) is 0.353. The molecule has 0 amide bonds. The van der Waals surface area contributed by atoms with E-state index in [1.165, 1.54) is 5.56 Å². The molecule has 0 fully saturated rings. The van der Waals surface area contributed by atoms with Crippen LogP contribution in [-0.2, 0) is 0 Å².